The molecule has 0 aromatic heterocycles. The summed E-state index contributed by atoms with van der Waals surface area (Å²) >= 11 is 0. The Labute approximate surface area is 152 Å². The van der Waals surface area contributed by atoms with Gasteiger partial charge in [-0.2, -0.15) is 0 Å². The van der Waals surface area contributed by atoms with E-state index in [0.29, 0.717) is 19.0 Å². The molecule has 0 bridgehead atoms. The Bertz CT molecular complexity index is 755. The summed E-state index contributed by atoms with van der Waals surface area (Å²) < 4.78 is 18.2. The predicted octanol–water partition coefficient (Wildman–Crippen LogP) is 3.46. The van der Waals surface area contributed by atoms with Gasteiger partial charge < -0.3 is 9.64 Å². The fourth-order valence-electron chi connectivity index (χ4n) is 3.25. The maximum absolute atomic E-state index is 13.1. The van der Waals surface area contributed by atoms with Crippen molar-refractivity contribution in [1.82, 2.24) is 4.90 Å². The summed E-state index contributed by atoms with van der Waals surface area (Å²) in [5.74, 6) is -0.827. The number of likely N-dealkylation sites (tertiary alicyclic amines) is 1. The van der Waals surface area contributed by atoms with Gasteiger partial charge in [0.05, 0.1) is 5.56 Å². The van der Waals surface area contributed by atoms with Crippen LogP contribution in [0.3, 0.4) is 0 Å². The normalized spacial score (nSPS) is 14.9. The van der Waals surface area contributed by atoms with Gasteiger partial charge in [-0.15, -0.1) is 0 Å². The standard InChI is InChI=1S/C21H22FNO3/c22-19-8-4-7-18(14-19)21(25)26-15-20(24)23-11-9-17(10-12-23)13-16-5-2-1-3-6-16/h1-8,14,17H,9-13,15H2. The number of esters is 1. The Morgan fingerprint density at radius 2 is 1.77 bits per heavy atom. The van der Waals surface area contributed by atoms with Gasteiger partial charge >= 0.3 is 5.97 Å². The van der Waals surface area contributed by atoms with Crippen molar-refractivity contribution in [2.24, 2.45) is 5.92 Å². The van der Waals surface area contributed by atoms with E-state index in [4.69, 9.17) is 4.74 Å². The third-order valence-corrected chi connectivity index (χ3v) is 4.72. The molecule has 0 unspecified atom stereocenters. The van der Waals surface area contributed by atoms with Crippen LogP contribution in [0.25, 0.3) is 0 Å². The number of piperidine rings is 1. The topological polar surface area (TPSA) is 46.6 Å². The molecule has 0 spiro atoms. The molecule has 26 heavy (non-hydrogen) atoms. The first-order valence-corrected chi connectivity index (χ1v) is 8.86. The van der Waals surface area contributed by atoms with E-state index < -0.39 is 11.8 Å². The fraction of sp³-hybridized carbons (Fsp3) is 0.333. The van der Waals surface area contributed by atoms with Crippen LogP contribution in [-0.2, 0) is 16.0 Å². The van der Waals surface area contributed by atoms with Crippen molar-refractivity contribution >= 4 is 11.9 Å². The third-order valence-electron chi connectivity index (χ3n) is 4.72. The molecule has 0 aliphatic carbocycles. The summed E-state index contributed by atoms with van der Waals surface area (Å²) in [4.78, 5) is 25.9. The smallest absolute Gasteiger partial charge is 0.338 e. The minimum absolute atomic E-state index is 0.111. The molecule has 1 aliphatic rings. The van der Waals surface area contributed by atoms with Gasteiger partial charge in [0, 0.05) is 13.1 Å². The first kappa shape index (κ1) is 18.1. The first-order valence-electron chi connectivity index (χ1n) is 8.86. The molecule has 5 heteroatoms. The highest BCUT2D eigenvalue weighted by Crippen LogP contribution is 2.21. The highest BCUT2D eigenvalue weighted by molar-refractivity contribution is 5.91. The van der Waals surface area contributed by atoms with Crippen LogP contribution in [0.5, 0.6) is 0 Å². The van der Waals surface area contributed by atoms with Crippen molar-refractivity contribution < 1.29 is 18.7 Å². The van der Waals surface area contributed by atoms with Gasteiger partial charge in [-0.05, 0) is 48.9 Å². The number of amides is 1. The Hall–Kier alpha value is -2.69. The molecule has 1 aliphatic heterocycles. The summed E-state index contributed by atoms with van der Waals surface area (Å²) in [6.07, 6.45) is 2.91. The van der Waals surface area contributed by atoms with Gasteiger partial charge in [-0.25, -0.2) is 9.18 Å². The number of carbonyl (C=O) groups is 2. The van der Waals surface area contributed by atoms with Crippen LogP contribution in [0.1, 0.15) is 28.8 Å². The van der Waals surface area contributed by atoms with Crippen molar-refractivity contribution in [3.8, 4) is 0 Å². The average Bonchev–Trinajstić information content (AvgIpc) is 2.67. The van der Waals surface area contributed by atoms with Crippen LogP contribution in [-0.4, -0.2) is 36.5 Å². The lowest BCUT2D eigenvalue weighted by Gasteiger charge is -2.32. The maximum atomic E-state index is 13.1. The number of benzene rings is 2. The number of rotatable bonds is 5. The molecular formula is C21H22FNO3. The summed E-state index contributed by atoms with van der Waals surface area (Å²) in [7, 11) is 0. The van der Waals surface area contributed by atoms with E-state index in [9.17, 15) is 14.0 Å². The Morgan fingerprint density at radius 3 is 2.46 bits per heavy atom. The number of carbonyl (C=O) groups excluding carboxylic acids is 2. The second-order valence-electron chi connectivity index (χ2n) is 6.60. The lowest BCUT2D eigenvalue weighted by molar-refractivity contribution is -0.135. The number of hydrogen-bond donors (Lipinski definition) is 0. The molecule has 1 amide bonds. The number of hydrogen-bond acceptors (Lipinski definition) is 3. The van der Waals surface area contributed by atoms with Crippen LogP contribution in [0, 0.1) is 11.7 Å². The molecule has 4 nitrogen and oxygen atoms in total. The van der Waals surface area contributed by atoms with E-state index in [1.807, 2.05) is 18.2 Å². The van der Waals surface area contributed by atoms with E-state index >= 15 is 0 Å². The van der Waals surface area contributed by atoms with E-state index in [0.717, 1.165) is 25.3 Å². The average molecular weight is 355 g/mol. The lowest BCUT2D eigenvalue weighted by Crippen LogP contribution is -2.41. The van der Waals surface area contributed by atoms with Crippen molar-refractivity contribution in [1.29, 1.82) is 0 Å². The molecule has 3 rings (SSSR count). The molecule has 0 atom stereocenters. The molecule has 1 fully saturated rings. The molecule has 0 saturated carbocycles. The molecule has 0 radical (unpaired) electrons. The Kier molecular flexibility index (Phi) is 6.00. The zero-order chi connectivity index (χ0) is 18.4. The zero-order valence-corrected chi connectivity index (χ0v) is 14.6. The number of nitrogens with zero attached hydrogens (tertiary/aromatic N) is 1. The highest BCUT2D eigenvalue weighted by atomic mass is 19.1. The summed E-state index contributed by atoms with van der Waals surface area (Å²) in [5, 5.41) is 0. The second kappa shape index (κ2) is 8.61. The van der Waals surface area contributed by atoms with Crippen LogP contribution in [0.4, 0.5) is 4.39 Å². The highest BCUT2D eigenvalue weighted by Gasteiger charge is 2.23. The Morgan fingerprint density at radius 1 is 1.04 bits per heavy atom. The molecule has 1 heterocycles. The molecule has 1 saturated heterocycles. The number of halogens is 1. The predicted molar refractivity (Wildman–Crippen MR) is 96.1 cm³/mol. The van der Waals surface area contributed by atoms with Gasteiger partial charge in [0.15, 0.2) is 6.61 Å². The van der Waals surface area contributed by atoms with Gasteiger partial charge in [-0.3, -0.25) is 4.79 Å². The SMILES string of the molecule is O=C(OCC(=O)N1CCC(Cc2ccccc2)CC1)c1cccc(F)c1. The van der Waals surface area contributed by atoms with E-state index in [1.165, 1.54) is 23.8 Å². The second-order valence-corrected chi connectivity index (χ2v) is 6.60. The Balaban J connectivity index is 1.43. The molecule has 0 N–H and O–H groups in total. The maximum Gasteiger partial charge on any atom is 0.338 e. The van der Waals surface area contributed by atoms with Crippen molar-refractivity contribution in [2.75, 3.05) is 19.7 Å². The van der Waals surface area contributed by atoms with Gasteiger partial charge in [-0.1, -0.05) is 36.4 Å². The van der Waals surface area contributed by atoms with E-state index in [-0.39, 0.29) is 18.1 Å². The van der Waals surface area contributed by atoms with Crippen LogP contribution in [0.2, 0.25) is 0 Å². The van der Waals surface area contributed by atoms with Gasteiger partial charge in [0.1, 0.15) is 5.82 Å². The van der Waals surface area contributed by atoms with Crippen molar-refractivity contribution in [2.45, 2.75) is 19.3 Å². The first-order chi connectivity index (χ1) is 12.6. The van der Waals surface area contributed by atoms with E-state index in [1.54, 1.807) is 4.90 Å². The monoisotopic (exact) mass is 355 g/mol. The molecular weight excluding hydrogens is 333 g/mol. The fourth-order valence-corrected chi connectivity index (χ4v) is 3.25. The molecule has 2 aromatic carbocycles. The van der Waals surface area contributed by atoms with Gasteiger partial charge in [0.25, 0.3) is 5.91 Å². The van der Waals surface area contributed by atoms with E-state index in [2.05, 4.69) is 12.1 Å². The van der Waals surface area contributed by atoms with Crippen LogP contribution in [0.15, 0.2) is 54.6 Å². The number of ether oxygens (including phenoxy) is 1. The van der Waals surface area contributed by atoms with Crippen LogP contribution >= 0.6 is 0 Å². The zero-order valence-electron chi connectivity index (χ0n) is 14.6. The van der Waals surface area contributed by atoms with Gasteiger partial charge in [0.2, 0.25) is 0 Å². The molecule has 2 aromatic rings. The summed E-state index contributed by atoms with van der Waals surface area (Å²) in [6, 6.07) is 15.6. The third kappa shape index (κ3) is 4.91. The molecule has 136 valence electrons. The van der Waals surface area contributed by atoms with Crippen molar-refractivity contribution in [3.05, 3.63) is 71.5 Å². The minimum atomic E-state index is -0.684. The largest absolute Gasteiger partial charge is 0.452 e. The van der Waals surface area contributed by atoms with Crippen molar-refractivity contribution in [3.63, 3.8) is 0 Å². The summed E-state index contributed by atoms with van der Waals surface area (Å²) in [6.45, 7) is 1.04. The summed E-state index contributed by atoms with van der Waals surface area (Å²) in [5.41, 5.74) is 1.43. The lowest BCUT2D eigenvalue weighted by atomic mass is 9.90. The minimum Gasteiger partial charge on any atom is -0.452 e. The quantitative estimate of drug-likeness (QED) is 0.772. The van der Waals surface area contributed by atoms with Crippen LogP contribution < -0.4 is 0 Å².